The molecule has 92 valence electrons. The van der Waals surface area contributed by atoms with Crippen molar-refractivity contribution in [1.29, 1.82) is 0 Å². The first-order chi connectivity index (χ1) is 7.79. The minimum atomic E-state index is 0.155. The molecule has 1 atom stereocenters. The molecule has 1 N–H and O–H groups in total. The number of nitrogens with one attached hydrogen (secondary N) is 1. The Morgan fingerprint density at radius 2 is 2.31 bits per heavy atom. The fourth-order valence-electron chi connectivity index (χ4n) is 1.46. The largest absolute Gasteiger partial charge is 0.383 e. The second kappa shape index (κ2) is 7.29. The Labute approximate surface area is 96.4 Å². The zero-order valence-electron chi connectivity index (χ0n) is 10.3. The summed E-state index contributed by atoms with van der Waals surface area (Å²) < 4.78 is 6.85. The van der Waals surface area contributed by atoms with Crippen molar-refractivity contribution in [2.75, 3.05) is 20.3 Å². The molecule has 1 unspecified atom stereocenters. The summed E-state index contributed by atoms with van der Waals surface area (Å²) in [7, 11) is 1.69. The Bertz CT molecular complexity index is 288. The average Bonchev–Trinajstić information content (AvgIpc) is 2.74. The first-order valence-electron chi connectivity index (χ1n) is 5.78. The Morgan fingerprint density at radius 1 is 1.50 bits per heavy atom. The van der Waals surface area contributed by atoms with Crippen LogP contribution in [0.3, 0.4) is 0 Å². The van der Waals surface area contributed by atoms with Gasteiger partial charge in [0.05, 0.1) is 12.6 Å². The smallest absolute Gasteiger partial charge is 0.167 e. The van der Waals surface area contributed by atoms with Gasteiger partial charge in [0.1, 0.15) is 0 Å². The van der Waals surface area contributed by atoms with Crippen LogP contribution < -0.4 is 5.32 Å². The molecule has 0 saturated carbocycles. The Balaban J connectivity index is 2.46. The number of hydrogen-bond donors (Lipinski definition) is 1. The van der Waals surface area contributed by atoms with E-state index in [2.05, 4.69) is 34.7 Å². The van der Waals surface area contributed by atoms with E-state index >= 15 is 0 Å². The van der Waals surface area contributed by atoms with Gasteiger partial charge in [-0.15, -0.1) is 5.10 Å². The summed E-state index contributed by atoms with van der Waals surface area (Å²) in [6.45, 7) is 6.60. The van der Waals surface area contributed by atoms with E-state index in [-0.39, 0.29) is 6.04 Å². The molecule has 1 aromatic heterocycles. The van der Waals surface area contributed by atoms with Crippen molar-refractivity contribution < 1.29 is 4.74 Å². The summed E-state index contributed by atoms with van der Waals surface area (Å²) in [5.41, 5.74) is 0. The lowest BCUT2D eigenvalue weighted by atomic mass is 10.3. The van der Waals surface area contributed by atoms with Gasteiger partial charge in [-0.3, -0.25) is 0 Å². The molecule has 0 spiro atoms. The zero-order chi connectivity index (χ0) is 11.8. The van der Waals surface area contributed by atoms with Crippen LogP contribution in [0.1, 0.15) is 38.6 Å². The van der Waals surface area contributed by atoms with E-state index in [1.54, 1.807) is 7.11 Å². The summed E-state index contributed by atoms with van der Waals surface area (Å²) >= 11 is 0. The molecule has 0 aromatic carbocycles. The third-order valence-corrected chi connectivity index (χ3v) is 2.43. The quantitative estimate of drug-likeness (QED) is 0.665. The van der Waals surface area contributed by atoms with Gasteiger partial charge in [0.2, 0.25) is 0 Å². The van der Waals surface area contributed by atoms with Gasteiger partial charge in [-0.25, -0.2) is 4.68 Å². The minimum Gasteiger partial charge on any atom is -0.383 e. The van der Waals surface area contributed by atoms with Crippen LogP contribution in [0.15, 0.2) is 0 Å². The first-order valence-corrected chi connectivity index (χ1v) is 5.78. The van der Waals surface area contributed by atoms with E-state index in [4.69, 9.17) is 4.74 Å². The highest BCUT2D eigenvalue weighted by Gasteiger charge is 2.12. The molecular formula is C10H21N5O. The van der Waals surface area contributed by atoms with E-state index in [1.807, 2.05) is 4.68 Å². The number of aryl methyl sites for hydroxylation is 1. The van der Waals surface area contributed by atoms with E-state index in [0.29, 0.717) is 6.61 Å². The van der Waals surface area contributed by atoms with Gasteiger partial charge >= 0.3 is 0 Å². The van der Waals surface area contributed by atoms with Gasteiger partial charge in [0.15, 0.2) is 5.82 Å². The fraction of sp³-hybridized carbons (Fsp3) is 0.900. The van der Waals surface area contributed by atoms with Crippen LogP contribution in [0.2, 0.25) is 0 Å². The molecule has 1 aromatic rings. The molecule has 0 aliphatic carbocycles. The Kier molecular flexibility index (Phi) is 5.95. The summed E-state index contributed by atoms with van der Waals surface area (Å²) in [4.78, 5) is 0. The molecule has 0 aliphatic heterocycles. The number of aromatic nitrogens is 4. The molecule has 16 heavy (non-hydrogen) atoms. The molecule has 0 saturated heterocycles. The normalized spacial score (nSPS) is 12.9. The minimum absolute atomic E-state index is 0.155. The number of tetrazole rings is 1. The maximum Gasteiger partial charge on any atom is 0.167 e. The van der Waals surface area contributed by atoms with Crippen molar-refractivity contribution >= 4 is 0 Å². The molecule has 1 rings (SSSR count). The van der Waals surface area contributed by atoms with Crippen LogP contribution in [0.25, 0.3) is 0 Å². The highest BCUT2D eigenvalue weighted by molar-refractivity contribution is 4.89. The van der Waals surface area contributed by atoms with Gasteiger partial charge in [0.25, 0.3) is 0 Å². The summed E-state index contributed by atoms with van der Waals surface area (Å²) in [5, 5.41) is 15.1. The van der Waals surface area contributed by atoms with Crippen molar-refractivity contribution in [2.24, 2.45) is 0 Å². The van der Waals surface area contributed by atoms with Gasteiger partial charge in [-0.1, -0.05) is 13.3 Å². The molecular weight excluding hydrogens is 206 g/mol. The molecule has 1 heterocycles. The van der Waals surface area contributed by atoms with Crippen LogP contribution in [0.5, 0.6) is 0 Å². The lowest BCUT2D eigenvalue weighted by Gasteiger charge is -2.12. The zero-order valence-corrected chi connectivity index (χ0v) is 10.3. The monoisotopic (exact) mass is 227 g/mol. The lowest BCUT2D eigenvalue weighted by molar-refractivity contribution is 0.195. The maximum absolute atomic E-state index is 4.98. The predicted molar refractivity (Wildman–Crippen MR) is 61.0 cm³/mol. The van der Waals surface area contributed by atoms with E-state index in [9.17, 15) is 0 Å². The van der Waals surface area contributed by atoms with E-state index in [0.717, 1.165) is 31.8 Å². The van der Waals surface area contributed by atoms with Crippen molar-refractivity contribution in [3.05, 3.63) is 5.82 Å². The van der Waals surface area contributed by atoms with Crippen molar-refractivity contribution in [1.82, 2.24) is 25.5 Å². The van der Waals surface area contributed by atoms with Crippen molar-refractivity contribution in [3.63, 3.8) is 0 Å². The highest BCUT2D eigenvalue weighted by atomic mass is 16.5. The third kappa shape index (κ3) is 3.86. The Hall–Kier alpha value is -1.01. The molecule has 0 bridgehead atoms. The number of hydrogen-bond acceptors (Lipinski definition) is 5. The number of methoxy groups -OCH3 is 1. The van der Waals surface area contributed by atoms with Gasteiger partial charge < -0.3 is 10.1 Å². The second-order valence-electron chi connectivity index (χ2n) is 3.78. The highest BCUT2D eigenvalue weighted by Crippen LogP contribution is 2.07. The van der Waals surface area contributed by atoms with Gasteiger partial charge in [-0.05, 0) is 23.8 Å². The fourth-order valence-corrected chi connectivity index (χ4v) is 1.46. The molecule has 0 aliphatic rings. The van der Waals surface area contributed by atoms with E-state index in [1.165, 1.54) is 0 Å². The average molecular weight is 227 g/mol. The molecule has 6 heteroatoms. The van der Waals surface area contributed by atoms with Crippen LogP contribution in [-0.2, 0) is 11.3 Å². The van der Waals surface area contributed by atoms with Crippen molar-refractivity contribution in [2.45, 2.75) is 39.3 Å². The topological polar surface area (TPSA) is 64.9 Å². The van der Waals surface area contributed by atoms with Crippen LogP contribution in [0.4, 0.5) is 0 Å². The molecule has 0 radical (unpaired) electrons. The second-order valence-corrected chi connectivity index (χ2v) is 3.78. The van der Waals surface area contributed by atoms with Gasteiger partial charge in [0, 0.05) is 20.2 Å². The summed E-state index contributed by atoms with van der Waals surface area (Å²) in [5.74, 6) is 0.893. The summed E-state index contributed by atoms with van der Waals surface area (Å²) in [6.07, 6.45) is 2.24. The number of ether oxygens (including phenoxy) is 1. The van der Waals surface area contributed by atoms with Crippen molar-refractivity contribution in [3.8, 4) is 0 Å². The molecule has 0 amide bonds. The lowest BCUT2D eigenvalue weighted by Crippen LogP contribution is -2.25. The molecule has 0 fully saturated rings. The predicted octanol–water partition coefficient (Wildman–Crippen LogP) is 0.770. The Morgan fingerprint density at radius 3 is 3.00 bits per heavy atom. The first kappa shape index (κ1) is 13.1. The van der Waals surface area contributed by atoms with Gasteiger partial charge in [-0.2, -0.15) is 0 Å². The van der Waals surface area contributed by atoms with E-state index < -0.39 is 0 Å². The summed E-state index contributed by atoms with van der Waals surface area (Å²) in [6, 6.07) is 0.155. The third-order valence-electron chi connectivity index (χ3n) is 2.43. The van der Waals surface area contributed by atoms with Crippen LogP contribution >= 0.6 is 0 Å². The maximum atomic E-state index is 4.98. The standard InChI is InChI=1S/C10H21N5O/c1-4-5-7-15-10(12-13-14-15)9(2)11-6-8-16-3/h9,11H,4-8H2,1-3H3. The van der Waals surface area contributed by atoms with Crippen LogP contribution in [-0.4, -0.2) is 40.5 Å². The molecule has 6 nitrogen and oxygen atoms in total. The number of nitrogens with zero attached hydrogens (tertiary/aromatic N) is 4. The number of rotatable bonds is 8. The van der Waals surface area contributed by atoms with Crippen LogP contribution in [0, 0.1) is 0 Å². The number of unbranched alkanes of at least 4 members (excludes halogenated alkanes) is 1. The SMILES string of the molecule is CCCCn1nnnc1C(C)NCCOC.